The van der Waals surface area contributed by atoms with Crippen molar-refractivity contribution in [3.8, 4) is 11.8 Å². The van der Waals surface area contributed by atoms with E-state index in [9.17, 15) is 13.2 Å². The first-order valence-electron chi connectivity index (χ1n) is 9.73. The molecular formula is C20H22F3N3O5. The van der Waals surface area contributed by atoms with Crippen LogP contribution in [-0.4, -0.2) is 57.9 Å². The number of hydrogen-bond acceptors (Lipinski definition) is 8. The van der Waals surface area contributed by atoms with Crippen molar-refractivity contribution in [2.24, 2.45) is 0 Å². The highest BCUT2D eigenvalue weighted by atomic mass is 19.4. The molecule has 0 spiro atoms. The third kappa shape index (κ3) is 4.89. The molecule has 2 aromatic rings. The van der Waals surface area contributed by atoms with Gasteiger partial charge in [0.2, 0.25) is 11.8 Å². The summed E-state index contributed by atoms with van der Waals surface area (Å²) in [5.41, 5.74) is -1.05. The third-order valence-electron chi connectivity index (χ3n) is 4.91. The van der Waals surface area contributed by atoms with Crippen molar-refractivity contribution in [2.45, 2.75) is 63.3 Å². The molecule has 0 radical (unpaired) electrons. The van der Waals surface area contributed by atoms with Gasteiger partial charge in [0.05, 0.1) is 12.3 Å². The minimum atomic E-state index is -4.59. The first kappa shape index (κ1) is 21.7. The minimum Gasteiger partial charge on any atom is -0.474 e. The highest BCUT2D eigenvalue weighted by Crippen LogP contribution is 2.39. The summed E-state index contributed by atoms with van der Waals surface area (Å²) in [4.78, 5) is 11.6. The molecule has 4 rings (SSSR count). The zero-order valence-electron chi connectivity index (χ0n) is 17.1. The summed E-state index contributed by atoms with van der Waals surface area (Å²) in [6, 6.07) is 3.46. The zero-order chi connectivity index (χ0) is 22.2. The van der Waals surface area contributed by atoms with Gasteiger partial charge in [-0.3, -0.25) is 4.98 Å². The molecule has 8 nitrogen and oxygen atoms in total. The van der Waals surface area contributed by atoms with Crippen LogP contribution in [0.2, 0.25) is 0 Å². The fourth-order valence-electron chi connectivity index (χ4n) is 3.66. The fraction of sp³-hybridized carbons (Fsp3) is 0.550. The Morgan fingerprint density at radius 3 is 2.58 bits per heavy atom. The number of rotatable bonds is 5. The van der Waals surface area contributed by atoms with Crippen LogP contribution >= 0.6 is 0 Å². The van der Waals surface area contributed by atoms with Crippen molar-refractivity contribution < 1.29 is 36.9 Å². The van der Waals surface area contributed by atoms with E-state index in [1.165, 1.54) is 30.7 Å². The number of hydrogen-bond donors (Lipinski definition) is 0. The van der Waals surface area contributed by atoms with E-state index in [1.54, 1.807) is 13.8 Å². The number of alkyl halides is 3. The average molecular weight is 441 g/mol. The van der Waals surface area contributed by atoms with Gasteiger partial charge in [-0.05, 0) is 26.8 Å². The molecule has 2 aliphatic heterocycles. The van der Waals surface area contributed by atoms with E-state index in [1.807, 2.05) is 6.92 Å². The molecule has 5 atom stereocenters. The normalized spacial score (nSPS) is 29.9. The van der Waals surface area contributed by atoms with E-state index in [0.717, 1.165) is 6.07 Å². The molecule has 2 saturated heterocycles. The first-order chi connectivity index (χ1) is 14.6. The maximum Gasteiger partial charge on any atom is 0.433 e. The number of nitrogens with zero attached hydrogens (tertiary/aromatic N) is 3. The maximum absolute atomic E-state index is 13.1. The minimum absolute atomic E-state index is 0.0136. The SMILES string of the molecule is C[C@H]1O[C@H](COc2cnccn2)[C@H](Oc2cccc(C(F)(F)F)n2)[C@H]2OC(C)(C)O[C@H]21. The Morgan fingerprint density at radius 2 is 1.87 bits per heavy atom. The van der Waals surface area contributed by atoms with Crippen molar-refractivity contribution in [1.29, 1.82) is 0 Å². The Morgan fingerprint density at radius 1 is 1.10 bits per heavy atom. The standard InChI is InChI=1S/C20H22F3N3O5/c1-11-16-18(31-19(2,3)30-16)17(12(28-11)10-27-15-9-24-7-8-25-15)29-14-6-4-5-13(26-14)20(21,22)23/h4-9,11-12,16-18H,10H2,1-3H3/t11-,12-,16+,17+,18+/m1/s1. The quantitative estimate of drug-likeness (QED) is 0.700. The lowest BCUT2D eigenvalue weighted by molar-refractivity contribution is -0.182. The van der Waals surface area contributed by atoms with E-state index in [4.69, 9.17) is 23.7 Å². The summed E-state index contributed by atoms with van der Waals surface area (Å²) in [6.07, 6.45) is -3.13. The van der Waals surface area contributed by atoms with Crippen LogP contribution in [0.3, 0.4) is 0 Å². The number of pyridine rings is 1. The predicted molar refractivity (Wildman–Crippen MR) is 99.3 cm³/mol. The summed E-state index contributed by atoms with van der Waals surface area (Å²) in [5, 5.41) is 0. The van der Waals surface area contributed by atoms with Crippen molar-refractivity contribution in [2.75, 3.05) is 6.61 Å². The molecule has 2 aliphatic rings. The summed E-state index contributed by atoms with van der Waals surface area (Å²) < 4.78 is 68.8. The van der Waals surface area contributed by atoms with Crippen LogP contribution < -0.4 is 9.47 Å². The monoisotopic (exact) mass is 441 g/mol. The van der Waals surface area contributed by atoms with E-state index in [0.29, 0.717) is 0 Å². The molecule has 0 amide bonds. The third-order valence-corrected chi connectivity index (χ3v) is 4.91. The molecule has 0 aliphatic carbocycles. The van der Waals surface area contributed by atoms with Gasteiger partial charge in [0.15, 0.2) is 11.9 Å². The van der Waals surface area contributed by atoms with Gasteiger partial charge in [-0.15, -0.1) is 0 Å². The molecule has 0 N–H and O–H groups in total. The van der Waals surface area contributed by atoms with Crippen LogP contribution in [0.1, 0.15) is 26.5 Å². The van der Waals surface area contributed by atoms with Crippen LogP contribution in [0.15, 0.2) is 36.8 Å². The van der Waals surface area contributed by atoms with Crippen molar-refractivity contribution >= 4 is 0 Å². The van der Waals surface area contributed by atoms with Gasteiger partial charge in [0.25, 0.3) is 0 Å². The van der Waals surface area contributed by atoms with Gasteiger partial charge in [0, 0.05) is 18.5 Å². The average Bonchev–Trinajstić information content (AvgIpc) is 3.05. The highest BCUT2D eigenvalue weighted by molar-refractivity contribution is 5.19. The smallest absolute Gasteiger partial charge is 0.433 e. The Kier molecular flexibility index (Phi) is 5.75. The second-order valence-corrected chi connectivity index (χ2v) is 7.74. The Labute approximate surface area is 176 Å². The van der Waals surface area contributed by atoms with E-state index < -0.39 is 42.1 Å². The van der Waals surface area contributed by atoms with Gasteiger partial charge < -0.3 is 23.7 Å². The molecule has 0 unspecified atom stereocenters. The lowest BCUT2D eigenvalue weighted by Crippen LogP contribution is -2.59. The Hall–Kier alpha value is -2.50. The van der Waals surface area contributed by atoms with Gasteiger partial charge in [-0.25, -0.2) is 9.97 Å². The van der Waals surface area contributed by atoms with Gasteiger partial charge in [-0.1, -0.05) is 6.07 Å². The topological polar surface area (TPSA) is 84.8 Å². The van der Waals surface area contributed by atoms with Crippen LogP contribution in [0, 0.1) is 0 Å². The molecule has 2 aromatic heterocycles. The van der Waals surface area contributed by atoms with Crippen LogP contribution in [0.4, 0.5) is 13.2 Å². The highest BCUT2D eigenvalue weighted by Gasteiger charge is 2.55. The van der Waals surface area contributed by atoms with Crippen LogP contribution in [0.25, 0.3) is 0 Å². The number of halogens is 3. The summed E-state index contributed by atoms with van der Waals surface area (Å²) in [5.74, 6) is -0.827. The number of ether oxygens (including phenoxy) is 5. The number of aromatic nitrogens is 3. The van der Waals surface area contributed by atoms with Crippen molar-refractivity contribution in [3.05, 3.63) is 42.5 Å². The molecule has 0 bridgehead atoms. The van der Waals surface area contributed by atoms with Crippen molar-refractivity contribution in [1.82, 2.24) is 15.0 Å². The number of fused-ring (bicyclic) bond motifs is 1. The molecular weight excluding hydrogens is 419 g/mol. The predicted octanol–water partition coefficient (Wildman–Crippen LogP) is 3.02. The van der Waals surface area contributed by atoms with E-state index >= 15 is 0 Å². The lowest BCUT2D eigenvalue weighted by atomic mass is 9.96. The molecule has 4 heterocycles. The maximum atomic E-state index is 13.1. The zero-order valence-corrected chi connectivity index (χ0v) is 17.1. The molecule has 11 heteroatoms. The van der Waals surface area contributed by atoms with Crippen LogP contribution in [-0.2, 0) is 20.4 Å². The summed E-state index contributed by atoms with van der Waals surface area (Å²) in [6.45, 7) is 5.35. The lowest BCUT2D eigenvalue weighted by Gasteiger charge is -2.40. The molecule has 0 saturated carbocycles. The largest absolute Gasteiger partial charge is 0.474 e. The summed E-state index contributed by atoms with van der Waals surface area (Å²) >= 11 is 0. The Balaban J connectivity index is 1.59. The molecule has 2 fully saturated rings. The first-order valence-corrected chi connectivity index (χ1v) is 9.73. The second-order valence-electron chi connectivity index (χ2n) is 7.74. The molecule has 0 aromatic carbocycles. The molecule has 168 valence electrons. The second kappa shape index (κ2) is 8.21. The molecule has 31 heavy (non-hydrogen) atoms. The van der Waals surface area contributed by atoms with Gasteiger partial charge >= 0.3 is 6.18 Å². The van der Waals surface area contributed by atoms with Crippen LogP contribution in [0.5, 0.6) is 11.8 Å². The summed E-state index contributed by atoms with van der Waals surface area (Å²) in [7, 11) is 0. The Bertz CT molecular complexity index is 899. The van der Waals surface area contributed by atoms with Gasteiger partial charge in [-0.2, -0.15) is 13.2 Å². The van der Waals surface area contributed by atoms with E-state index in [2.05, 4.69) is 15.0 Å². The van der Waals surface area contributed by atoms with Gasteiger partial charge in [0.1, 0.15) is 30.6 Å². The van der Waals surface area contributed by atoms with Crippen molar-refractivity contribution in [3.63, 3.8) is 0 Å². The van der Waals surface area contributed by atoms with E-state index in [-0.39, 0.29) is 24.5 Å². The fourth-order valence-corrected chi connectivity index (χ4v) is 3.66.